The zero-order valence-corrected chi connectivity index (χ0v) is 11.7. The maximum atomic E-state index is 13.7. The molecule has 0 amide bonds. The third-order valence-corrected chi connectivity index (χ3v) is 4.31. The Morgan fingerprint density at radius 3 is 2.06 bits per heavy atom. The maximum Gasteiger partial charge on any atom is 0.150 e. The molecule has 0 bridgehead atoms. The second-order valence-corrected chi connectivity index (χ2v) is 5.70. The van der Waals surface area contributed by atoms with E-state index in [9.17, 15) is 8.78 Å². The average Bonchev–Trinajstić information content (AvgIpc) is 2.20. The van der Waals surface area contributed by atoms with Crippen LogP contribution in [0.15, 0.2) is 16.6 Å². The first-order chi connectivity index (χ1) is 8.01. The topological polar surface area (TPSA) is 3.24 Å². The van der Waals surface area contributed by atoms with Crippen LogP contribution < -0.4 is 4.90 Å². The van der Waals surface area contributed by atoms with Gasteiger partial charge in [-0.3, -0.25) is 0 Å². The molecule has 4 heteroatoms. The number of hydrogen-bond acceptors (Lipinski definition) is 1. The van der Waals surface area contributed by atoms with Crippen molar-refractivity contribution < 1.29 is 8.78 Å². The van der Waals surface area contributed by atoms with Gasteiger partial charge < -0.3 is 4.90 Å². The number of halogens is 3. The minimum Gasteiger partial charge on any atom is -0.366 e. The molecule has 0 N–H and O–H groups in total. The molecule has 0 spiro atoms. The number of nitrogens with zero attached hydrogens (tertiary/aromatic N) is 1. The summed E-state index contributed by atoms with van der Waals surface area (Å²) in [6.45, 7) is 5.76. The lowest BCUT2D eigenvalue weighted by Gasteiger charge is -2.51. The van der Waals surface area contributed by atoms with Crippen LogP contribution in [0.3, 0.4) is 0 Å². The van der Waals surface area contributed by atoms with E-state index in [1.807, 2.05) is 0 Å². The van der Waals surface area contributed by atoms with E-state index < -0.39 is 11.6 Å². The highest BCUT2D eigenvalue weighted by Crippen LogP contribution is 2.41. The zero-order valence-electron chi connectivity index (χ0n) is 10.1. The quantitative estimate of drug-likeness (QED) is 0.802. The van der Waals surface area contributed by atoms with Crippen molar-refractivity contribution in [2.24, 2.45) is 5.41 Å². The highest BCUT2D eigenvalue weighted by molar-refractivity contribution is 9.10. The molecule has 0 saturated carbocycles. The minimum atomic E-state index is -0.488. The lowest BCUT2D eigenvalue weighted by Crippen LogP contribution is -2.56. The van der Waals surface area contributed by atoms with Gasteiger partial charge in [0.1, 0.15) is 5.69 Å². The fraction of sp³-hybridized carbons (Fsp3) is 0.538. The van der Waals surface area contributed by atoms with Crippen LogP contribution in [0.5, 0.6) is 0 Å². The van der Waals surface area contributed by atoms with Crippen LogP contribution in [0, 0.1) is 17.0 Å². The van der Waals surface area contributed by atoms with E-state index in [2.05, 4.69) is 29.8 Å². The highest BCUT2D eigenvalue weighted by atomic mass is 79.9. The van der Waals surface area contributed by atoms with Crippen molar-refractivity contribution in [3.63, 3.8) is 0 Å². The van der Waals surface area contributed by atoms with Gasteiger partial charge in [-0.1, -0.05) is 29.8 Å². The van der Waals surface area contributed by atoms with E-state index >= 15 is 0 Å². The van der Waals surface area contributed by atoms with E-state index in [0.717, 1.165) is 25.9 Å². The first kappa shape index (κ1) is 12.8. The summed E-state index contributed by atoms with van der Waals surface area (Å²) in [7, 11) is 0. The summed E-state index contributed by atoms with van der Waals surface area (Å²) in [6.07, 6.45) is 2.11. The number of benzene rings is 1. The third-order valence-electron chi connectivity index (χ3n) is 3.85. The fourth-order valence-corrected chi connectivity index (χ4v) is 2.86. The van der Waals surface area contributed by atoms with Gasteiger partial charge in [0.2, 0.25) is 0 Å². The summed E-state index contributed by atoms with van der Waals surface area (Å²) in [5.41, 5.74) is 0.358. The van der Waals surface area contributed by atoms with Gasteiger partial charge in [-0.2, -0.15) is 0 Å². The fourth-order valence-electron chi connectivity index (χ4n) is 2.46. The summed E-state index contributed by atoms with van der Waals surface area (Å²) in [6, 6.07) is 2.63. The maximum absolute atomic E-state index is 13.7. The van der Waals surface area contributed by atoms with Gasteiger partial charge in [-0.15, -0.1) is 0 Å². The molecule has 17 heavy (non-hydrogen) atoms. The molecule has 1 aromatic rings. The van der Waals surface area contributed by atoms with Crippen molar-refractivity contribution in [1.29, 1.82) is 0 Å². The Balaban J connectivity index is 2.22. The summed E-state index contributed by atoms with van der Waals surface area (Å²) in [4.78, 5) is 1.80. The number of anilines is 1. The molecule has 1 fully saturated rings. The van der Waals surface area contributed by atoms with E-state index in [1.54, 1.807) is 4.90 Å². The molecule has 94 valence electrons. The number of hydrogen-bond donors (Lipinski definition) is 0. The Labute approximate surface area is 109 Å². The standard InChI is InChI=1S/C13H16BrF2N/c1-3-13(4-2)7-17(8-13)12-10(15)5-9(14)6-11(12)16/h5-6H,3-4,7-8H2,1-2H3. The Hall–Kier alpha value is -0.640. The molecule has 2 rings (SSSR count). The summed E-state index contributed by atoms with van der Waals surface area (Å²) in [5.74, 6) is -0.977. The Morgan fingerprint density at radius 1 is 1.18 bits per heavy atom. The Bertz CT molecular complexity index is 398. The number of rotatable bonds is 3. The van der Waals surface area contributed by atoms with Crippen molar-refractivity contribution in [3.05, 3.63) is 28.2 Å². The van der Waals surface area contributed by atoms with E-state index in [1.165, 1.54) is 12.1 Å². The molecule has 1 aliphatic heterocycles. The van der Waals surface area contributed by atoms with Gasteiger partial charge >= 0.3 is 0 Å². The van der Waals surface area contributed by atoms with Gasteiger partial charge in [-0.05, 0) is 25.0 Å². The normalized spacial score (nSPS) is 18.1. The molecular formula is C13H16BrF2N. The van der Waals surface area contributed by atoms with Gasteiger partial charge in [0.15, 0.2) is 11.6 Å². The summed E-state index contributed by atoms with van der Waals surface area (Å²) >= 11 is 3.09. The zero-order chi connectivity index (χ0) is 12.6. The smallest absolute Gasteiger partial charge is 0.150 e. The summed E-state index contributed by atoms with van der Waals surface area (Å²) in [5, 5.41) is 0. The molecular weight excluding hydrogens is 288 g/mol. The van der Waals surface area contributed by atoms with Crippen LogP contribution in [0.4, 0.5) is 14.5 Å². The van der Waals surface area contributed by atoms with Crippen LogP contribution in [0.2, 0.25) is 0 Å². The molecule has 1 aromatic carbocycles. The van der Waals surface area contributed by atoms with Gasteiger partial charge in [0, 0.05) is 23.0 Å². The second-order valence-electron chi connectivity index (χ2n) is 4.78. The van der Waals surface area contributed by atoms with Crippen LogP contribution >= 0.6 is 15.9 Å². The Morgan fingerprint density at radius 2 is 1.65 bits per heavy atom. The van der Waals surface area contributed by atoms with E-state index in [-0.39, 0.29) is 11.1 Å². The lowest BCUT2D eigenvalue weighted by molar-refractivity contribution is 0.192. The lowest BCUT2D eigenvalue weighted by atomic mass is 9.75. The van der Waals surface area contributed by atoms with E-state index in [0.29, 0.717) is 4.47 Å². The molecule has 0 aromatic heterocycles. The second kappa shape index (κ2) is 4.56. The minimum absolute atomic E-state index is 0.116. The molecule has 0 unspecified atom stereocenters. The average molecular weight is 304 g/mol. The van der Waals surface area contributed by atoms with Gasteiger partial charge in [0.25, 0.3) is 0 Å². The third kappa shape index (κ3) is 2.19. The van der Waals surface area contributed by atoms with Crippen LogP contribution in [0.1, 0.15) is 26.7 Å². The molecule has 1 heterocycles. The van der Waals surface area contributed by atoms with Crippen LogP contribution in [-0.2, 0) is 0 Å². The largest absolute Gasteiger partial charge is 0.366 e. The molecule has 0 atom stereocenters. The van der Waals surface area contributed by atoms with Crippen molar-refractivity contribution in [1.82, 2.24) is 0 Å². The molecule has 1 saturated heterocycles. The van der Waals surface area contributed by atoms with Crippen molar-refractivity contribution in [2.45, 2.75) is 26.7 Å². The molecule has 0 radical (unpaired) electrons. The van der Waals surface area contributed by atoms with Crippen molar-refractivity contribution in [3.8, 4) is 0 Å². The van der Waals surface area contributed by atoms with Crippen molar-refractivity contribution in [2.75, 3.05) is 18.0 Å². The van der Waals surface area contributed by atoms with Crippen molar-refractivity contribution >= 4 is 21.6 Å². The SMILES string of the molecule is CCC1(CC)CN(c2c(F)cc(Br)cc2F)C1. The van der Waals surface area contributed by atoms with Gasteiger partial charge in [0.05, 0.1) is 0 Å². The summed E-state index contributed by atoms with van der Waals surface area (Å²) < 4.78 is 27.9. The molecule has 1 aliphatic rings. The van der Waals surface area contributed by atoms with Crippen LogP contribution in [0.25, 0.3) is 0 Å². The predicted octanol–water partition coefficient (Wildman–Crippen LogP) is 4.35. The molecule has 0 aliphatic carbocycles. The molecule has 1 nitrogen and oxygen atoms in total. The first-order valence-electron chi connectivity index (χ1n) is 5.91. The Kier molecular flexibility index (Phi) is 3.43. The highest BCUT2D eigenvalue weighted by Gasteiger charge is 2.41. The van der Waals surface area contributed by atoms with E-state index in [4.69, 9.17) is 0 Å². The predicted molar refractivity (Wildman–Crippen MR) is 69.3 cm³/mol. The van der Waals surface area contributed by atoms with Gasteiger partial charge in [-0.25, -0.2) is 8.78 Å². The monoisotopic (exact) mass is 303 g/mol. The van der Waals surface area contributed by atoms with Crippen LogP contribution in [-0.4, -0.2) is 13.1 Å². The first-order valence-corrected chi connectivity index (χ1v) is 6.70.